The van der Waals surface area contributed by atoms with Crippen LogP contribution in [0.3, 0.4) is 0 Å². The molecule has 0 radical (unpaired) electrons. The van der Waals surface area contributed by atoms with E-state index in [1.165, 1.54) is 0 Å². The van der Waals surface area contributed by atoms with E-state index in [2.05, 4.69) is 27.8 Å². The van der Waals surface area contributed by atoms with Gasteiger partial charge in [0.2, 0.25) is 0 Å². The first-order valence-corrected chi connectivity index (χ1v) is 7.10. The van der Waals surface area contributed by atoms with E-state index in [4.69, 9.17) is 0 Å². The molecule has 0 aliphatic heterocycles. The van der Waals surface area contributed by atoms with Crippen LogP contribution in [0.2, 0.25) is 0 Å². The number of hydrogen-bond donors (Lipinski definition) is 0. The summed E-state index contributed by atoms with van der Waals surface area (Å²) in [6, 6.07) is 0. The molecule has 0 N–H and O–H groups in total. The minimum Gasteiger partial charge on any atom is -0.300 e. The van der Waals surface area contributed by atoms with Crippen LogP contribution >= 0.6 is 30.1 Å². The number of carbonyl (C=O) groups excluding carboxylic acids is 1. The fourth-order valence-electron chi connectivity index (χ4n) is 1.38. The van der Waals surface area contributed by atoms with Crippen LogP contribution in [0.1, 0.15) is 19.3 Å². The summed E-state index contributed by atoms with van der Waals surface area (Å²) in [5.41, 5.74) is 0. The van der Waals surface area contributed by atoms with E-state index in [1.54, 1.807) is 8.93 Å². The largest absolute Gasteiger partial charge is 0.300 e. The third kappa shape index (κ3) is 2.78. The highest BCUT2D eigenvalue weighted by molar-refractivity contribution is 14.2. The summed E-state index contributed by atoms with van der Waals surface area (Å²) >= 11 is 2.27. The monoisotopic (exact) mass is 282 g/mol. The van der Waals surface area contributed by atoms with Crippen molar-refractivity contribution in [1.82, 2.24) is 0 Å². The zero-order chi connectivity index (χ0) is 8.27. The molecule has 0 amide bonds. The Morgan fingerprint density at radius 1 is 1.64 bits per heavy atom. The van der Waals surface area contributed by atoms with Crippen molar-refractivity contribution in [2.75, 3.05) is 0 Å². The smallest absolute Gasteiger partial charge is 0.134 e. The molecular weight excluding hydrogens is 271 g/mol. The standard InChI is InChI=1S/C8H11IOS/c1-2-6-3-7(10)5-8(4-6)11-9/h2,6,8H,1,3-5H2/t6-,8+/m1/s1. The topological polar surface area (TPSA) is 17.1 Å². The number of ketones is 1. The molecule has 1 nitrogen and oxygen atoms in total. The highest BCUT2D eigenvalue weighted by Gasteiger charge is 2.24. The van der Waals surface area contributed by atoms with Gasteiger partial charge in [-0.2, -0.15) is 0 Å². The Balaban J connectivity index is 2.50. The predicted octanol–water partition coefficient (Wildman–Crippen LogP) is 2.99. The second-order valence-corrected chi connectivity index (χ2v) is 5.26. The van der Waals surface area contributed by atoms with Crippen LogP contribution in [0.5, 0.6) is 0 Å². The van der Waals surface area contributed by atoms with Gasteiger partial charge in [0.1, 0.15) is 5.78 Å². The van der Waals surface area contributed by atoms with Crippen molar-refractivity contribution >= 4 is 35.9 Å². The summed E-state index contributed by atoms with van der Waals surface area (Å²) in [6.45, 7) is 3.72. The van der Waals surface area contributed by atoms with Crippen molar-refractivity contribution < 1.29 is 4.79 Å². The predicted molar refractivity (Wildman–Crippen MR) is 57.9 cm³/mol. The highest BCUT2D eigenvalue weighted by atomic mass is 127. The van der Waals surface area contributed by atoms with Crippen LogP contribution in [0.25, 0.3) is 0 Å². The van der Waals surface area contributed by atoms with Gasteiger partial charge < -0.3 is 0 Å². The Hall–Kier alpha value is 0.490. The molecule has 1 rings (SSSR count). The van der Waals surface area contributed by atoms with Gasteiger partial charge in [-0.05, 0) is 33.5 Å². The van der Waals surface area contributed by atoms with E-state index in [0.717, 1.165) is 19.3 Å². The summed E-state index contributed by atoms with van der Waals surface area (Å²) in [5.74, 6) is 0.832. The summed E-state index contributed by atoms with van der Waals surface area (Å²) in [5, 5.41) is 0.528. The van der Waals surface area contributed by atoms with Crippen LogP contribution in [-0.2, 0) is 4.79 Å². The molecule has 2 atom stereocenters. The van der Waals surface area contributed by atoms with Crippen molar-refractivity contribution in [1.29, 1.82) is 0 Å². The van der Waals surface area contributed by atoms with Gasteiger partial charge in [-0.25, -0.2) is 0 Å². The molecule has 0 saturated heterocycles. The fourth-order valence-corrected chi connectivity index (χ4v) is 3.11. The van der Waals surface area contributed by atoms with Crippen molar-refractivity contribution in [3.63, 3.8) is 0 Å². The van der Waals surface area contributed by atoms with E-state index in [9.17, 15) is 4.79 Å². The highest BCUT2D eigenvalue weighted by Crippen LogP contribution is 2.34. The first-order valence-electron chi connectivity index (χ1n) is 3.68. The lowest BCUT2D eigenvalue weighted by atomic mass is 9.88. The van der Waals surface area contributed by atoms with Crippen LogP contribution in [0.15, 0.2) is 12.7 Å². The van der Waals surface area contributed by atoms with Crippen LogP contribution in [-0.4, -0.2) is 11.0 Å². The Kier molecular flexibility index (Phi) is 3.92. The maximum absolute atomic E-state index is 11.1. The van der Waals surface area contributed by atoms with Crippen molar-refractivity contribution in [2.45, 2.75) is 24.5 Å². The van der Waals surface area contributed by atoms with E-state index in [0.29, 0.717) is 17.0 Å². The normalized spacial score (nSPS) is 31.9. The molecule has 1 saturated carbocycles. The van der Waals surface area contributed by atoms with Gasteiger partial charge in [-0.3, -0.25) is 4.79 Å². The lowest BCUT2D eigenvalue weighted by molar-refractivity contribution is -0.120. The number of rotatable bonds is 2. The third-order valence-electron chi connectivity index (χ3n) is 1.97. The zero-order valence-corrected chi connectivity index (χ0v) is 9.23. The van der Waals surface area contributed by atoms with Crippen molar-refractivity contribution in [2.24, 2.45) is 5.92 Å². The molecule has 0 aromatic carbocycles. The van der Waals surface area contributed by atoms with Crippen molar-refractivity contribution in [3.05, 3.63) is 12.7 Å². The third-order valence-corrected chi connectivity index (χ3v) is 4.74. The first-order chi connectivity index (χ1) is 5.26. The average molecular weight is 282 g/mol. The minimum atomic E-state index is 0.398. The molecule has 0 heterocycles. The molecule has 3 heteroatoms. The molecule has 11 heavy (non-hydrogen) atoms. The van der Waals surface area contributed by atoms with Gasteiger partial charge in [0.05, 0.1) is 0 Å². The molecule has 1 fully saturated rings. The van der Waals surface area contributed by atoms with E-state index >= 15 is 0 Å². The minimum absolute atomic E-state index is 0.398. The molecule has 1 aliphatic rings. The van der Waals surface area contributed by atoms with Crippen LogP contribution < -0.4 is 0 Å². The maximum Gasteiger partial charge on any atom is 0.134 e. The van der Waals surface area contributed by atoms with Gasteiger partial charge in [0.25, 0.3) is 0 Å². The molecule has 0 aromatic heterocycles. The quantitative estimate of drug-likeness (QED) is 0.572. The molecular formula is C8H11IOS. The molecule has 0 bridgehead atoms. The van der Waals surface area contributed by atoms with E-state index in [-0.39, 0.29) is 0 Å². The molecule has 0 unspecified atom stereocenters. The summed E-state index contributed by atoms with van der Waals surface area (Å²) in [7, 11) is 1.77. The van der Waals surface area contributed by atoms with Gasteiger partial charge in [-0.1, -0.05) is 15.0 Å². The number of halogens is 1. The summed E-state index contributed by atoms with van der Waals surface area (Å²) in [6.07, 6.45) is 4.52. The zero-order valence-electron chi connectivity index (χ0n) is 6.25. The molecule has 1 aliphatic carbocycles. The maximum atomic E-state index is 11.1. The summed E-state index contributed by atoms with van der Waals surface area (Å²) < 4.78 is 0. The van der Waals surface area contributed by atoms with Crippen LogP contribution in [0, 0.1) is 5.92 Å². The molecule has 0 aromatic rings. The molecule has 62 valence electrons. The number of hydrogen-bond acceptors (Lipinski definition) is 2. The van der Waals surface area contributed by atoms with Gasteiger partial charge >= 0.3 is 0 Å². The Bertz CT molecular complexity index is 169. The number of allylic oxidation sites excluding steroid dienone is 1. The van der Waals surface area contributed by atoms with Crippen LogP contribution in [0.4, 0.5) is 0 Å². The SMILES string of the molecule is C=C[C@@H]1CC(=O)C[C@@H](SI)C1. The van der Waals surface area contributed by atoms with Crippen molar-refractivity contribution in [3.8, 4) is 0 Å². The second kappa shape index (κ2) is 4.50. The van der Waals surface area contributed by atoms with E-state index in [1.807, 2.05) is 6.08 Å². The molecule has 0 spiro atoms. The number of Topliss-reactive ketones (excluding diaryl/α,β-unsaturated/α-hetero) is 1. The first kappa shape index (κ1) is 9.58. The Morgan fingerprint density at radius 2 is 2.36 bits per heavy atom. The van der Waals surface area contributed by atoms with Gasteiger partial charge in [-0.15, -0.1) is 6.58 Å². The fraction of sp³-hybridized carbons (Fsp3) is 0.625. The van der Waals surface area contributed by atoms with Gasteiger partial charge in [0.15, 0.2) is 0 Å². The summed E-state index contributed by atoms with van der Waals surface area (Å²) in [4.78, 5) is 11.1. The Labute approximate surface area is 83.6 Å². The Morgan fingerprint density at radius 3 is 2.91 bits per heavy atom. The lowest BCUT2D eigenvalue weighted by Crippen LogP contribution is -2.22. The van der Waals surface area contributed by atoms with E-state index < -0.39 is 0 Å². The number of carbonyl (C=O) groups is 1. The lowest BCUT2D eigenvalue weighted by Gasteiger charge is -2.23. The average Bonchev–Trinajstić information content (AvgIpc) is 2.03. The van der Waals surface area contributed by atoms with Gasteiger partial charge in [0, 0.05) is 18.1 Å². The second-order valence-electron chi connectivity index (χ2n) is 2.89.